The van der Waals surface area contributed by atoms with Gasteiger partial charge in [0, 0.05) is 42.8 Å². The number of nitrogens with zero attached hydrogens (tertiary/aromatic N) is 3. The average molecular weight is 405 g/mol. The first-order valence-corrected chi connectivity index (χ1v) is 10.7. The molecule has 30 heavy (non-hydrogen) atoms. The van der Waals surface area contributed by atoms with Gasteiger partial charge in [0.05, 0.1) is 31.4 Å². The van der Waals surface area contributed by atoms with Gasteiger partial charge < -0.3 is 14.7 Å². The third-order valence-electron chi connectivity index (χ3n) is 6.49. The fourth-order valence-electron chi connectivity index (χ4n) is 4.91. The van der Waals surface area contributed by atoms with E-state index in [1.807, 2.05) is 42.6 Å². The molecule has 2 aromatic rings. The zero-order chi connectivity index (χ0) is 20.7. The number of aliphatic hydroxyl groups excluding tert-OH is 1. The predicted molar refractivity (Wildman–Crippen MR) is 114 cm³/mol. The molecular formula is C24H27N3O3. The van der Waals surface area contributed by atoms with Crippen molar-refractivity contribution < 1.29 is 14.6 Å². The molecule has 1 aromatic carbocycles. The van der Waals surface area contributed by atoms with E-state index >= 15 is 0 Å². The maximum atomic E-state index is 12.8. The number of fused-ring (bicyclic) bond motifs is 3. The molecule has 2 unspecified atom stereocenters. The number of hydrogen-bond acceptors (Lipinski definition) is 6. The lowest BCUT2D eigenvalue weighted by Crippen LogP contribution is -2.41. The topological polar surface area (TPSA) is 75.0 Å². The number of likely N-dealkylation sites (tertiary alicyclic amines) is 1. The van der Waals surface area contributed by atoms with E-state index in [2.05, 4.69) is 9.88 Å². The summed E-state index contributed by atoms with van der Waals surface area (Å²) in [4.78, 5) is 24.5. The van der Waals surface area contributed by atoms with Crippen LogP contribution in [-0.4, -0.2) is 58.0 Å². The molecule has 2 bridgehead atoms. The molecule has 2 saturated heterocycles. The van der Waals surface area contributed by atoms with Gasteiger partial charge in [-0.25, -0.2) is 0 Å². The van der Waals surface area contributed by atoms with Crippen molar-refractivity contribution in [2.45, 2.75) is 56.9 Å². The first-order valence-electron chi connectivity index (χ1n) is 10.7. The number of aliphatic hydroxyl groups is 1. The minimum atomic E-state index is -0.583. The summed E-state index contributed by atoms with van der Waals surface area (Å²) in [6, 6.07) is 12.2. The monoisotopic (exact) mass is 405 g/mol. The van der Waals surface area contributed by atoms with Gasteiger partial charge in [-0.1, -0.05) is 30.3 Å². The number of morpholine rings is 1. The van der Waals surface area contributed by atoms with E-state index in [0.717, 1.165) is 47.8 Å². The number of benzene rings is 1. The molecular weight excluding hydrogens is 378 g/mol. The number of carbonyl (C=O) groups excluding carboxylic acids is 1. The van der Waals surface area contributed by atoms with Crippen molar-refractivity contribution in [3.8, 4) is 0 Å². The molecule has 4 atom stereocenters. The first kappa shape index (κ1) is 19.4. The van der Waals surface area contributed by atoms with Crippen LogP contribution in [0.3, 0.4) is 0 Å². The zero-order valence-corrected chi connectivity index (χ0v) is 17.2. The Kier molecular flexibility index (Phi) is 5.13. The van der Waals surface area contributed by atoms with Gasteiger partial charge in [-0.3, -0.25) is 14.8 Å². The van der Waals surface area contributed by atoms with E-state index in [9.17, 15) is 9.90 Å². The smallest absolute Gasteiger partial charge is 0.139 e. The van der Waals surface area contributed by atoms with Crippen LogP contribution in [0.2, 0.25) is 0 Å². The van der Waals surface area contributed by atoms with Gasteiger partial charge in [0.2, 0.25) is 0 Å². The summed E-state index contributed by atoms with van der Waals surface area (Å²) in [5.41, 5.74) is 4.00. The molecule has 3 aliphatic rings. The van der Waals surface area contributed by atoms with E-state index in [1.165, 1.54) is 0 Å². The van der Waals surface area contributed by atoms with Gasteiger partial charge >= 0.3 is 0 Å². The summed E-state index contributed by atoms with van der Waals surface area (Å²) in [6.07, 6.45) is 3.29. The summed E-state index contributed by atoms with van der Waals surface area (Å²) in [5, 5.41) is 10.2. The van der Waals surface area contributed by atoms with Gasteiger partial charge in [0.25, 0.3) is 0 Å². The molecule has 1 N–H and O–H groups in total. The Morgan fingerprint density at radius 3 is 2.87 bits per heavy atom. The first-order chi connectivity index (χ1) is 14.6. The van der Waals surface area contributed by atoms with Gasteiger partial charge in [-0.2, -0.15) is 0 Å². The molecule has 0 saturated carbocycles. The molecule has 0 amide bonds. The van der Waals surface area contributed by atoms with Crippen molar-refractivity contribution in [3.63, 3.8) is 0 Å². The third-order valence-corrected chi connectivity index (χ3v) is 6.49. The Morgan fingerprint density at radius 2 is 2.17 bits per heavy atom. The maximum absolute atomic E-state index is 12.8. The number of ether oxygens (including phenoxy) is 1. The summed E-state index contributed by atoms with van der Waals surface area (Å²) in [5.74, 6) is 0.922. The molecule has 0 aliphatic carbocycles. The number of Topliss-reactive ketones (excluding diaryl/α,β-unsaturated/α-hetero) is 1. The maximum Gasteiger partial charge on any atom is 0.139 e. The molecule has 156 valence electrons. The van der Waals surface area contributed by atoms with Crippen LogP contribution in [-0.2, 0) is 22.5 Å². The molecule has 1 aromatic heterocycles. The summed E-state index contributed by atoms with van der Waals surface area (Å²) < 4.78 is 5.71. The lowest BCUT2D eigenvalue weighted by Gasteiger charge is -2.29. The standard InChI is InChI=1S/C24H27N3O3/c1-15(28)22(16-5-3-2-4-6-16)10-20(29)8-18-7-17-11-26-24(23(17)12-25-18)27-13-21-9-19(27)14-30-21/h2-7,12,15,19,21-22,28H,8-11,13-14H2,1H3/t15-,19?,21?,22-/m1/s1. The highest BCUT2D eigenvalue weighted by Gasteiger charge is 2.42. The lowest BCUT2D eigenvalue weighted by molar-refractivity contribution is -0.119. The normalized spacial score (nSPS) is 23.9. The number of carbonyl (C=O) groups is 1. The lowest BCUT2D eigenvalue weighted by atomic mass is 9.88. The van der Waals surface area contributed by atoms with E-state index in [0.29, 0.717) is 25.1 Å². The second kappa shape index (κ2) is 7.93. The number of rotatable bonds is 6. The van der Waals surface area contributed by atoms with Crippen LogP contribution in [0.25, 0.3) is 0 Å². The van der Waals surface area contributed by atoms with Crippen molar-refractivity contribution in [3.05, 3.63) is 65.0 Å². The second-order valence-corrected chi connectivity index (χ2v) is 8.65. The van der Waals surface area contributed by atoms with Crippen LogP contribution in [0.1, 0.15) is 48.1 Å². The fourth-order valence-corrected chi connectivity index (χ4v) is 4.91. The van der Waals surface area contributed by atoms with Gasteiger partial charge in [-0.05, 0) is 30.5 Å². The summed E-state index contributed by atoms with van der Waals surface area (Å²) in [7, 11) is 0. The summed E-state index contributed by atoms with van der Waals surface area (Å²) in [6.45, 7) is 4.07. The van der Waals surface area contributed by atoms with Crippen LogP contribution >= 0.6 is 0 Å². The van der Waals surface area contributed by atoms with E-state index in [4.69, 9.17) is 9.73 Å². The van der Waals surface area contributed by atoms with Crippen LogP contribution < -0.4 is 0 Å². The van der Waals surface area contributed by atoms with Crippen molar-refractivity contribution in [2.75, 3.05) is 13.2 Å². The van der Waals surface area contributed by atoms with E-state index in [1.54, 1.807) is 6.92 Å². The van der Waals surface area contributed by atoms with Crippen molar-refractivity contribution in [2.24, 2.45) is 4.99 Å². The number of pyridine rings is 1. The highest BCUT2D eigenvalue weighted by molar-refractivity contribution is 6.02. The molecule has 5 rings (SSSR count). The number of ketones is 1. The van der Waals surface area contributed by atoms with E-state index in [-0.39, 0.29) is 18.1 Å². The summed E-state index contributed by atoms with van der Waals surface area (Å²) >= 11 is 0. The fraction of sp³-hybridized carbons (Fsp3) is 0.458. The molecule has 0 spiro atoms. The van der Waals surface area contributed by atoms with Crippen molar-refractivity contribution in [1.82, 2.24) is 9.88 Å². The van der Waals surface area contributed by atoms with Crippen LogP contribution in [0.5, 0.6) is 0 Å². The molecule has 3 aliphatic heterocycles. The number of aliphatic imine (C=N–C) groups is 1. The predicted octanol–water partition coefficient (Wildman–Crippen LogP) is 2.48. The minimum absolute atomic E-state index is 0.0883. The Hall–Kier alpha value is -2.57. The Morgan fingerprint density at radius 1 is 1.33 bits per heavy atom. The largest absolute Gasteiger partial charge is 0.393 e. The van der Waals surface area contributed by atoms with Crippen LogP contribution in [0.15, 0.2) is 47.6 Å². The van der Waals surface area contributed by atoms with Crippen molar-refractivity contribution in [1.29, 1.82) is 0 Å². The SMILES string of the molecule is C[C@@H](O)[C@@H](CC(=O)Cc1cc2c(cn1)C(N1CC3CC1CO3)=NC2)c1ccccc1. The van der Waals surface area contributed by atoms with Gasteiger partial charge in [0.15, 0.2) is 0 Å². The number of hydrogen-bond donors (Lipinski definition) is 1. The van der Waals surface area contributed by atoms with Crippen molar-refractivity contribution >= 4 is 11.6 Å². The highest BCUT2D eigenvalue weighted by Crippen LogP contribution is 2.32. The van der Waals surface area contributed by atoms with E-state index < -0.39 is 6.10 Å². The Labute approximate surface area is 176 Å². The molecule has 4 heterocycles. The average Bonchev–Trinajstić information content (AvgIpc) is 3.47. The Bertz CT molecular complexity index is 973. The third kappa shape index (κ3) is 3.66. The van der Waals surface area contributed by atoms with Crippen LogP contribution in [0.4, 0.5) is 0 Å². The molecule has 2 fully saturated rings. The second-order valence-electron chi connectivity index (χ2n) is 8.65. The van der Waals surface area contributed by atoms with Gasteiger partial charge in [-0.15, -0.1) is 0 Å². The molecule has 6 nitrogen and oxygen atoms in total. The highest BCUT2D eigenvalue weighted by atomic mass is 16.5. The zero-order valence-electron chi connectivity index (χ0n) is 17.2. The quantitative estimate of drug-likeness (QED) is 0.799. The molecule has 6 heteroatoms. The van der Waals surface area contributed by atoms with Gasteiger partial charge in [0.1, 0.15) is 11.6 Å². The molecule has 0 radical (unpaired) electrons. The minimum Gasteiger partial charge on any atom is -0.393 e. The number of amidine groups is 1. The Balaban J connectivity index is 1.26. The van der Waals surface area contributed by atoms with Crippen LogP contribution in [0, 0.1) is 0 Å². The number of aromatic nitrogens is 1.